The number of aromatic nitrogens is 4. The lowest BCUT2D eigenvalue weighted by molar-refractivity contribution is 0.548. The van der Waals surface area contributed by atoms with Crippen molar-refractivity contribution in [2.45, 2.75) is 40.0 Å². The van der Waals surface area contributed by atoms with E-state index >= 15 is 0 Å². The van der Waals surface area contributed by atoms with Crippen LogP contribution in [-0.2, 0) is 5.41 Å². The van der Waals surface area contributed by atoms with Gasteiger partial charge in [0.1, 0.15) is 11.5 Å². The van der Waals surface area contributed by atoms with Gasteiger partial charge in [-0.25, -0.2) is 15.0 Å². The van der Waals surface area contributed by atoms with E-state index in [-0.39, 0.29) is 5.41 Å². The molecule has 3 aromatic heterocycles. The van der Waals surface area contributed by atoms with Crippen molar-refractivity contribution >= 4 is 27.6 Å². The highest BCUT2D eigenvalue weighted by molar-refractivity contribution is 5.98. The number of pyridine rings is 1. The molecule has 0 aliphatic rings. The van der Waals surface area contributed by atoms with Crippen LogP contribution in [-0.4, -0.2) is 19.4 Å². The highest BCUT2D eigenvalue weighted by Gasteiger charge is 2.20. The zero-order chi connectivity index (χ0) is 16.4. The number of aryl methyl sites for hydroxylation is 2. The van der Waals surface area contributed by atoms with Gasteiger partial charge in [-0.2, -0.15) is 0 Å². The Labute approximate surface area is 135 Å². The maximum atomic E-state index is 4.86. The Balaban J connectivity index is 2.22. The van der Waals surface area contributed by atoms with Crippen LogP contribution in [0, 0.1) is 13.8 Å². The zero-order valence-electron chi connectivity index (χ0n) is 14.2. The molecule has 4 heteroatoms. The van der Waals surface area contributed by atoms with Crippen molar-refractivity contribution < 1.29 is 0 Å². The maximum Gasteiger partial charge on any atom is 0.149 e. The monoisotopic (exact) mass is 304 g/mol. The summed E-state index contributed by atoms with van der Waals surface area (Å²) in [4.78, 5) is 14.3. The summed E-state index contributed by atoms with van der Waals surface area (Å²) < 4.78 is 2.22. The Bertz CT molecular complexity index is 1070. The molecular formula is C19H20N4. The summed E-state index contributed by atoms with van der Waals surface area (Å²) in [7, 11) is 0. The second kappa shape index (κ2) is 4.51. The zero-order valence-corrected chi connectivity index (χ0v) is 14.2. The molecule has 1 aromatic carbocycles. The molecule has 0 unspecified atom stereocenters. The molecule has 0 radical (unpaired) electrons. The van der Waals surface area contributed by atoms with Crippen LogP contribution in [0.3, 0.4) is 0 Å². The first-order valence-electron chi connectivity index (χ1n) is 7.91. The van der Waals surface area contributed by atoms with E-state index in [1.165, 1.54) is 11.3 Å². The van der Waals surface area contributed by atoms with Gasteiger partial charge < -0.3 is 0 Å². The lowest BCUT2D eigenvalue weighted by Gasteiger charge is -2.18. The van der Waals surface area contributed by atoms with E-state index in [1.807, 2.05) is 18.3 Å². The fourth-order valence-electron chi connectivity index (χ4n) is 3.08. The van der Waals surface area contributed by atoms with Gasteiger partial charge in [-0.05, 0) is 31.5 Å². The number of hydrogen-bond donors (Lipinski definition) is 0. The summed E-state index contributed by atoms with van der Waals surface area (Å²) in [6.07, 6.45) is 1.93. The summed E-state index contributed by atoms with van der Waals surface area (Å²) in [6, 6.07) is 8.23. The van der Waals surface area contributed by atoms with Gasteiger partial charge in [-0.1, -0.05) is 32.9 Å². The summed E-state index contributed by atoms with van der Waals surface area (Å²) in [5, 5.41) is 1.01. The summed E-state index contributed by atoms with van der Waals surface area (Å²) in [5.41, 5.74) is 6.37. The van der Waals surface area contributed by atoms with Crippen molar-refractivity contribution in [3.8, 4) is 0 Å². The van der Waals surface area contributed by atoms with Gasteiger partial charge >= 0.3 is 0 Å². The molecule has 116 valence electrons. The fraction of sp³-hybridized carbons (Fsp3) is 0.316. The van der Waals surface area contributed by atoms with Crippen LogP contribution in [0.4, 0.5) is 0 Å². The van der Waals surface area contributed by atoms with Crippen LogP contribution in [0.2, 0.25) is 0 Å². The second-order valence-electron chi connectivity index (χ2n) is 7.18. The number of para-hydroxylation sites is 2. The first kappa shape index (κ1) is 14.1. The molecular weight excluding hydrogens is 284 g/mol. The molecule has 0 N–H and O–H groups in total. The summed E-state index contributed by atoms with van der Waals surface area (Å²) >= 11 is 0. The van der Waals surface area contributed by atoms with E-state index < -0.39 is 0 Å². The lowest BCUT2D eigenvalue weighted by atomic mass is 9.95. The molecule has 0 saturated carbocycles. The van der Waals surface area contributed by atoms with E-state index in [1.54, 1.807) is 0 Å². The molecule has 4 aromatic rings. The minimum absolute atomic E-state index is 0.0687. The average Bonchev–Trinajstić information content (AvgIpc) is 2.91. The Morgan fingerprint density at radius 1 is 1.00 bits per heavy atom. The van der Waals surface area contributed by atoms with Crippen molar-refractivity contribution in [1.82, 2.24) is 19.4 Å². The van der Waals surface area contributed by atoms with E-state index in [9.17, 15) is 0 Å². The van der Waals surface area contributed by atoms with Crippen molar-refractivity contribution in [2.24, 2.45) is 0 Å². The van der Waals surface area contributed by atoms with Crippen molar-refractivity contribution in [1.29, 1.82) is 0 Å². The third kappa shape index (κ3) is 1.94. The number of hydrogen-bond acceptors (Lipinski definition) is 3. The summed E-state index contributed by atoms with van der Waals surface area (Å²) in [6.45, 7) is 10.7. The first-order chi connectivity index (χ1) is 10.9. The minimum Gasteiger partial charge on any atom is -0.296 e. The largest absolute Gasteiger partial charge is 0.296 e. The third-order valence-electron chi connectivity index (χ3n) is 4.49. The lowest BCUT2D eigenvalue weighted by Crippen LogP contribution is -2.16. The topological polar surface area (TPSA) is 43.1 Å². The van der Waals surface area contributed by atoms with Crippen molar-refractivity contribution in [2.75, 3.05) is 0 Å². The number of imidazole rings is 1. The van der Waals surface area contributed by atoms with Crippen LogP contribution in [0.25, 0.3) is 27.6 Å². The molecule has 4 nitrogen and oxygen atoms in total. The highest BCUT2D eigenvalue weighted by Crippen LogP contribution is 2.29. The average molecular weight is 304 g/mol. The first-order valence-corrected chi connectivity index (χ1v) is 7.91. The molecule has 0 amide bonds. The van der Waals surface area contributed by atoms with E-state index in [2.05, 4.69) is 56.1 Å². The Morgan fingerprint density at radius 2 is 1.74 bits per heavy atom. The van der Waals surface area contributed by atoms with Crippen LogP contribution in [0.5, 0.6) is 0 Å². The van der Waals surface area contributed by atoms with E-state index in [4.69, 9.17) is 9.97 Å². The third-order valence-corrected chi connectivity index (χ3v) is 4.49. The number of nitrogens with zero attached hydrogens (tertiary/aromatic N) is 4. The Morgan fingerprint density at radius 3 is 2.48 bits per heavy atom. The summed E-state index contributed by atoms with van der Waals surface area (Å²) in [5.74, 6) is 0.868. The molecule has 0 fully saturated rings. The van der Waals surface area contributed by atoms with Crippen LogP contribution in [0.15, 0.2) is 30.5 Å². The van der Waals surface area contributed by atoms with Gasteiger partial charge in [0, 0.05) is 17.3 Å². The highest BCUT2D eigenvalue weighted by atomic mass is 15.0. The second-order valence-corrected chi connectivity index (χ2v) is 7.18. The van der Waals surface area contributed by atoms with Gasteiger partial charge in [0.15, 0.2) is 0 Å². The Hall–Kier alpha value is -2.49. The van der Waals surface area contributed by atoms with E-state index in [0.717, 1.165) is 33.4 Å². The maximum absolute atomic E-state index is 4.86. The minimum atomic E-state index is -0.0687. The van der Waals surface area contributed by atoms with E-state index in [0.29, 0.717) is 0 Å². The molecule has 0 saturated heterocycles. The van der Waals surface area contributed by atoms with Gasteiger partial charge in [-0.15, -0.1) is 0 Å². The normalized spacial score (nSPS) is 12.6. The molecule has 4 rings (SSSR count). The van der Waals surface area contributed by atoms with Crippen LogP contribution in [0.1, 0.15) is 37.9 Å². The molecule has 3 heterocycles. The molecule has 0 spiro atoms. The standard InChI is InChI=1S/C19H20N4/c1-11-12(2)23-15-9-7-6-8-14(15)21-17(23)13-10-20-18(19(3,4)5)22-16(11)13/h6-10H,1-5H3. The van der Waals surface area contributed by atoms with Gasteiger partial charge in [-0.3, -0.25) is 4.40 Å². The van der Waals surface area contributed by atoms with Crippen molar-refractivity contribution in [3.05, 3.63) is 47.5 Å². The Kier molecular flexibility index (Phi) is 2.77. The number of fused-ring (bicyclic) bond motifs is 5. The predicted octanol–water partition coefficient (Wildman–Crippen LogP) is 4.35. The molecule has 0 bridgehead atoms. The quantitative estimate of drug-likeness (QED) is 0.485. The van der Waals surface area contributed by atoms with Crippen LogP contribution < -0.4 is 0 Å². The van der Waals surface area contributed by atoms with Gasteiger partial charge in [0.05, 0.1) is 21.9 Å². The smallest absolute Gasteiger partial charge is 0.149 e. The molecule has 0 aliphatic carbocycles. The molecule has 0 atom stereocenters. The molecule has 0 aliphatic heterocycles. The number of rotatable bonds is 0. The molecule has 23 heavy (non-hydrogen) atoms. The van der Waals surface area contributed by atoms with Gasteiger partial charge in [0.25, 0.3) is 0 Å². The van der Waals surface area contributed by atoms with Crippen LogP contribution >= 0.6 is 0 Å². The van der Waals surface area contributed by atoms with Gasteiger partial charge in [0.2, 0.25) is 0 Å². The predicted molar refractivity (Wildman–Crippen MR) is 94.0 cm³/mol. The SMILES string of the molecule is Cc1c(C)n2c3ccccc3nc2c2cnc(C(C)(C)C)nc12. The number of benzene rings is 1. The fourth-order valence-corrected chi connectivity index (χ4v) is 3.08. The van der Waals surface area contributed by atoms with Crippen molar-refractivity contribution in [3.63, 3.8) is 0 Å².